The van der Waals surface area contributed by atoms with Gasteiger partial charge in [0, 0.05) is 27.5 Å². The molecule has 19 heavy (non-hydrogen) atoms. The number of pyridine rings is 1. The van der Waals surface area contributed by atoms with Gasteiger partial charge in [-0.3, -0.25) is 4.79 Å². The van der Waals surface area contributed by atoms with Crippen molar-refractivity contribution in [2.45, 2.75) is 19.3 Å². The molecule has 0 fully saturated rings. The van der Waals surface area contributed by atoms with E-state index in [4.69, 9.17) is 0 Å². The Morgan fingerprint density at radius 2 is 2.21 bits per heavy atom. The zero-order valence-electron chi connectivity index (χ0n) is 10.8. The first-order valence-electron chi connectivity index (χ1n) is 5.93. The van der Waals surface area contributed by atoms with Crippen LogP contribution in [0.1, 0.15) is 29.2 Å². The monoisotopic (exact) mass is 338 g/mol. The summed E-state index contributed by atoms with van der Waals surface area (Å²) in [5.41, 5.74) is 0.365. The molecular weight excluding hydrogens is 324 g/mol. The van der Waals surface area contributed by atoms with E-state index in [1.54, 1.807) is 23.6 Å². The second-order valence-electron chi connectivity index (χ2n) is 4.91. The first-order chi connectivity index (χ1) is 8.99. The summed E-state index contributed by atoms with van der Waals surface area (Å²) in [5.74, 6) is -0.142. The lowest BCUT2D eigenvalue weighted by molar-refractivity contribution is 0.0941. The Hall–Kier alpha value is -1.20. The number of carbonyl (C=O) groups is 1. The molecule has 0 aliphatic rings. The van der Waals surface area contributed by atoms with Gasteiger partial charge in [-0.15, -0.1) is 11.3 Å². The molecule has 1 amide bonds. The third-order valence-electron chi connectivity index (χ3n) is 2.84. The molecule has 0 spiro atoms. The molecule has 0 saturated carbocycles. The second kappa shape index (κ2) is 5.84. The van der Waals surface area contributed by atoms with Crippen molar-refractivity contribution in [1.82, 2.24) is 10.3 Å². The summed E-state index contributed by atoms with van der Waals surface area (Å²) in [4.78, 5) is 17.3. The number of hydrogen-bond donors (Lipinski definition) is 1. The number of nitrogens with one attached hydrogen (secondary N) is 1. The maximum absolute atomic E-state index is 12.0. The highest BCUT2D eigenvalue weighted by molar-refractivity contribution is 9.10. The third-order valence-corrected chi connectivity index (χ3v) is 4.54. The smallest absolute Gasteiger partial charge is 0.269 e. The van der Waals surface area contributed by atoms with Gasteiger partial charge >= 0.3 is 0 Å². The van der Waals surface area contributed by atoms with E-state index in [0.717, 1.165) is 4.47 Å². The van der Waals surface area contributed by atoms with Crippen LogP contribution in [0.25, 0.3) is 0 Å². The SMILES string of the molecule is CC(C)(CNC(=O)c1ccc(Br)cn1)c1cccs1. The summed E-state index contributed by atoms with van der Waals surface area (Å²) < 4.78 is 0.864. The molecular formula is C14H15BrN2OS. The quantitative estimate of drug-likeness (QED) is 0.925. The summed E-state index contributed by atoms with van der Waals surface area (Å²) >= 11 is 5.00. The Kier molecular flexibility index (Phi) is 4.37. The lowest BCUT2D eigenvalue weighted by Crippen LogP contribution is -2.36. The van der Waals surface area contributed by atoms with Crippen molar-refractivity contribution in [3.05, 3.63) is 50.9 Å². The number of thiophene rings is 1. The van der Waals surface area contributed by atoms with Crippen molar-refractivity contribution < 1.29 is 4.79 Å². The summed E-state index contributed by atoms with van der Waals surface area (Å²) in [7, 11) is 0. The second-order valence-corrected chi connectivity index (χ2v) is 6.77. The van der Waals surface area contributed by atoms with Gasteiger partial charge in [0.2, 0.25) is 0 Å². The molecule has 2 rings (SSSR count). The van der Waals surface area contributed by atoms with Gasteiger partial charge in [-0.2, -0.15) is 0 Å². The van der Waals surface area contributed by atoms with Crippen LogP contribution in [0.2, 0.25) is 0 Å². The zero-order chi connectivity index (χ0) is 13.9. The number of carbonyl (C=O) groups excluding carboxylic acids is 1. The zero-order valence-corrected chi connectivity index (χ0v) is 13.2. The summed E-state index contributed by atoms with van der Waals surface area (Å²) in [6.45, 7) is 4.83. The molecule has 0 radical (unpaired) electrons. The molecule has 0 unspecified atom stereocenters. The van der Waals surface area contributed by atoms with Gasteiger partial charge in [-0.05, 0) is 39.5 Å². The van der Waals surface area contributed by atoms with Crippen molar-refractivity contribution in [2.75, 3.05) is 6.54 Å². The fourth-order valence-electron chi connectivity index (χ4n) is 1.65. The number of rotatable bonds is 4. The molecule has 0 aromatic carbocycles. The first kappa shape index (κ1) is 14.2. The molecule has 3 nitrogen and oxygen atoms in total. The third kappa shape index (κ3) is 3.64. The summed E-state index contributed by atoms with van der Waals surface area (Å²) in [6.07, 6.45) is 1.62. The van der Waals surface area contributed by atoms with Crippen molar-refractivity contribution in [2.24, 2.45) is 0 Å². The standard InChI is InChI=1S/C14H15BrN2OS/c1-14(2,12-4-3-7-19-12)9-17-13(18)11-6-5-10(15)8-16-11/h3-8H,9H2,1-2H3,(H,17,18). The van der Waals surface area contributed by atoms with E-state index in [1.165, 1.54) is 4.88 Å². The summed E-state index contributed by atoms with van der Waals surface area (Å²) in [5, 5.41) is 4.99. The van der Waals surface area contributed by atoms with Gasteiger partial charge in [-0.1, -0.05) is 19.9 Å². The average molecular weight is 339 g/mol. The van der Waals surface area contributed by atoms with Crippen molar-refractivity contribution in [3.63, 3.8) is 0 Å². The highest BCUT2D eigenvalue weighted by atomic mass is 79.9. The van der Waals surface area contributed by atoms with Crippen LogP contribution in [-0.2, 0) is 5.41 Å². The number of amides is 1. The van der Waals surface area contributed by atoms with Crippen LogP contribution < -0.4 is 5.32 Å². The highest BCUT2D eigenvalue weighted by Crippen LogP contribution is 2.26. The molecule has 1 N–H and O–H groups in total. The van der Waals surface area contributed by atoms with Gasteiger partial charge < -0.3 is 5.32 Å². The fourth-order valence-corrected chi connectivity index (χ4v) is 2.74. The molecule has 0 atom stereocenters. The van der Waals surface area contributed by atoms with Gasteiger partial charge in [0.25, 0.3) is 5.91 Å². The minimum Gasteiger partial charge on any atom is -0.350 e. The van der Waals surface area contributed by atoms with Crippen LogP contribution in [0.4, 0.5) is 0 Å². The number of nitrogens with zero attached hydrogens (tertiary/aromatic N) is 1. The van der Waals surface area contributed by atoms with E-state index in [9.17, 15) is 4.79 Å². The van der Waals surface area contributed by atoms with E-state index < -0.39 is 0 Å². The molecule has 0 saturated heterocycles. The predicted molar refractivity (Wildman–Crippen MR) is 81.6 cm³/mol. The van der Waals surface area contributed by atoms with Crippen molar-refractivity contribution in [3.8, 4) is 0 Å². The molecule has 2 aromatic heterocycles. The summed E-state index contributed by atoms with van der Waals surface area (Å²) in [6, 6.07) is 7.64. The van der Waals surface area contributed by atoms with Gasteiger partial charge in [0.15, 0.2) is 0 Å². The number of hydrogen-bond acceptors (Lipinski definition) is 3. The molecule has 100 valence electrons. The molecule has 0 aliphatic heterocycles. The van der Waals surface area contributed by atoms with Crippen LogP contribution in [-0.4, -0.2) is 17.4 Å². The van der Waals surface area contributed by atoms with Crippen LogP contribution in [0.3, 0.4) is 0 Å². The molecule has 0 aliphatic carbocycles. The van der Waals surface area contributed by atoms with Crippen LogP contribution in [0, 0.1) is 0 Å². The van der Waals surface area contributed by atoms with Gasteiger partial charge in [0.05, 0.1) is 0 Å². The minimum atomic E-state index is -0.142. The maximum atomic E-state index is 12.0. The Bertz CT molecular complexity index is 549. The Morgan fingerprint density at radius 3 is 2.79 bits per heavy atom. The van der Waals surface area contributed by atoms with Crippen molar-refractivity contribution >= 4 is 33.2 Å². The average Bonchev–Trinajstić information content (AvgIpc) is 2.91. The lowest BCUT2D eigenvalue weighted by Gasteiger charge is -2.23. The molecule has 2 aromatic rings. The van der Waals surface area contributed by atoms with E-state index in [-0.39, 0.29) is 11.3 Å². The largest absolute Gasteiger partial charge is 0.350 e. The van der Waals surface area contributed by atoms with Crippen LogP contribution in [0.15, 0.2) is 40.3 Å². The fraction of sp³-hybridized carbons (Fsp3) is 0.286. The van der Waals surface area contributed by atoms with Gasteiger partial charge in [-0.25, -0.2) is 4.98 Å². The Morgan fingerprint density at radius 1 is 1.42 bits per heavy atom. The van der Waals surface area contributed by atoms with Crippen LogP contribution in [0.5, 0.6) is 0 Å². The Balaban J connectivity index is 1.99. The topological polar surface area (TPSA) is 42.0 Å². The predicted octanol–water partition coefficient (Wildman–Crippen LogP) is 3.61. The molecule has 0 bridgehead atoms. The van der Waals surface area contributed by atoms with Crippen molar-refractivity contribution in [1.29, 1.82) is 0 Å². The van der Waals surface area contributed by atoms with E-state index in [0.29, 0.717) is 12.2 Å². The first-order valence-corrected chi connectivity index (χ1v) is 7.60. The normalized spacial score (nSPS) is 11.3. The Labute approximate surface area is 125 Å². The van der Waals surface area contributed by atoms with E-state index in [1.807, 2.05) is 12.1 Å². The maximum Gasteiger partial charge on any atom is 0.269 e. The van der Waals surface area contributed by atoms with Crippen LogP contribution >= 0.6 is 27.3 Å². The highest BCUT2D eigenvalue weighted by Gasteiger charge is 2.22. The number of halogens is 1. The molecule has 2 heterocycles. The van der Waals surface area contributed by atoms with Gasteiger partial charge in [0.1, 0.15) is 5.69 Å². The van der Waals surface area contributed by atoms with E-state index >= 15 is 0 Å². The molecule has 5 heteroatoms. The minimum absolute atomic E-state index is 0.0702. The number of aromatic nitrogens is 1. The lowest BCUT2D eigenvalue weighted by atomic mass is 9.91. The van der Waals surface area contributed by atoms with E-state index in [2.05, 4.69) is 51.5 Å².